The summed E-state index contributed by atoms with van der Waals surface area (Å²) >= 11 is 1.65. The van der Waals surface area contributed by atoms with Gasteiger partial charge in [-0.05, 0) is 37.7 Å². The smallest absolute Gasteiger partial charge is 0.258 e. The highest BCUT2D eigenvalue weighted by atomic mass is 32.2. The quantitative estimate of drug-likeness (QED) is 0.373. The summed E-state index contributed by atoms with van der Waals surface area (Å²) < 4.78 is 7.78. The Bertz CT molecular complexity index is 1090. The maximum atomic E-state index is 12.9. The molecule has 4 rings (SSSR count). The number of hydrogen-bond acceptors (Lipinski definition) is 7. The van der Waals surface area contributed by atoms with Gasteiger partial charge < -0.3 is 14.4 Å². The molecule has 1 aliphatic rings. The second kappa shape index (κ2) is 10.1. The fourth-order valence-electron chi connectivity index (χ4n) is 4.20. The average molecular weight is 469 g/mol. The molecule has 33 heavy (non-hydrogen) atoms. The fourth-order valence-corrected chi connectivity index (χ4v) is 4.77. The summed E-state index contributed by atoms with van der Waals surface area (Å²) in [6, 6.07) is 7.83. The molecular formula is C24H32N6O2S. The van der Waals surface area contributed by atoms with Crippen LogP contribution >= 0.6 is 11.8 Å². The van der Waals surface area contributed by atoms with E-state index in [0.717, 1.165) is 23.8 Å². The van der Waals surface area contributed by atoms with Crippen LogP contribution in [-0.4, -0.2) is 43.6 Å². The zero-order chi connectivity index (χ0) is 23.4. The second-order valence-electron chi connectivity index (χ2n) is 9.49. The Morgan fingerprint density at radius 3 is 2.67 bits per heavy atom. The lowest BCUT2D eigenvalue weighted by Crippen LogP contribution is -2.25. The highest BCUT2D eigenvalue weighted by molar-refractivity contribution is 7.98. The zero-order valence-corrected chi connectivity index (χ0v) is 20.6. The number of carbonyl (C=O) groups excluding carboxylic acids is 1. The van der Waals surface area contributed by atoms with Gasteiger partial charge in [0.25, 0.3) is 11.8 Å². The number of aryl methyl sites for hydroxylation is 1. The van der Waals surface area contributed by atoms with Gasteiger partial charge in [0, 0.05) is 24.4 Å². The van der Waals surface area contributed by atoms with Crippen molar-refractivity contribution in [2.75, 3.05) is 12.8 Å². The van der Waals surface area contributed by atoms with Gasteiger partial charge in [-0.15, -0.1) is 10.2 Å². The SMILES string of the molecule is CSc1nnc(CCCNC(=O)c2ccccc2-c2nc(C(C)(C)C)no2)n1C1CCCC1. The topological polar surface area (TPSA) is 98.7 Å². The molecule has 1 aromatic carbocycles. The molecule has 2 heterocycles. The molecule has 2 aromatic heterocycles. The predicted molar refractivity (Wildman–Crippen MR) is 128 cm³/mol. The van der Waals surface area contributed by atoms with E-state index in [0.29, 0.717) is 35.4 Å². The Morgan fingerprint density at radius 2 is 1.97 bits per heavy atom. The van der Waals surface area contributed by atoms with Crippen LogP contribution in [0.4, 0.5) is 0 Å². The van der Waals surface area contributed by atoms with Crippen LogP contribution in [0.3, 0.4) is 0 Å². The molecule has 0 unspecified atom stereocenters. The van der Waals surface area contributed by atoms with E-state index in [-0.39, 0.29) is 11.3 Å². The van der Waals surface area contributed by atoms with E-state index in [9.17, 15) is 4.79 Å². The predicted octanol–water partition coefficient (Wildman–Crippen LogP) is 4.83. The van der Waals surface area contributed by atoms with E-state index >= 15 is 0 Å². The highest BCUT2D eigenvalue weighted by Crippen LogP contribution is 2.33. The van der Waals surface area contributed by atoms with Crippen molar-refractivity contribution in [3.05, 3.63) is 41.5 Å². The van der Waals surface area contributed by atoms with Crippen molar-refractivity contribution in [3.8, 4) is 11.5 Å². The first-order chi connectivity index (χ1) is 15.9. The molecule has 1 fully saturated rings. The summed E-state index contributed by atoms with van der Waals surface area (Å²) in [5.41, 5.74) is 0.942. The van der Waals surface area contributed by atoms with Gasteiger partial charge in [-0.3, -0.25) is 4.79 Å². The van der Waals surface area contributed by atoms with Crippen LogP contribution in [0.2, 0.25) is 0 Å². The van der Waals surface area contributed by atoms with Crippen molar-refractivity contribution < 1.29 is 9.32 Å². The molecule has 1 N–H and O–H groups in total. The third-order valence-corrected chi connectivity index (χ3v) is 6.61. The summed E-state index contributed by atoms with van der Waals surface area (Å²) in [6.07, 6.45) is 8.54. The molecule has 0 saturated heterocycles. The summed E-state index contributed by atoms with van der Waals surface area (Å²) in [4.78, 5) is 17.5. The van der Waals surface area contributed by atoms with Crippen LogP contribution in [0, 0.1) is 0 Å². The molecule has 1 saturated carbocycles. The Hall–Kier alpha value is -2.68. The van der Waals surface area contributed by atoms with Crippen LogP contribution in [-0.2, 0) is 11.8 Å². The van der Waals surface area contributed by atoms with E-state index in [1.165, 1.54) is 25.7 Å². The van der Waals surface area contributed by atoms with Crippen LogP contribution in [0.5, 0.6) is 0 Å². The number of carbonyl (C=O) groups is 1. The molecule has 8 nitrogen and oxygen atoms in total. The van der Waals surface area contributed by atoms with Crippen molar-refractivity contribution >= 4 is 17.7 Å². The lowest BCUT2D eigenvalue weighted by molar-refractivity contribution is 0.0953. The van der Waals surface area contributed by atoms with Crippen molar-refractivity contribution in [3.63, 3.8) is 0 Å². The van der Waals surface area contributed by atoms with Gasteiger partial charge in [0.05, 0.1) is 11.1 Å². The van der Waals surface area contributed by atoms with E-state index < -0.39 is 0 Å². The first kappa shape index (κ1) is 23.5. The van der Waals surface area contributed by atoms with Crippen molar-refractivity contribution in [2.45, 2.75) is 75.9 Å². The molecule has 0 atom stereocenters. The van der Waals surface area contributed by atoms with Gasteiger partial charge in [0.2, 0.25) is 0 Å². The normalized spacial score (nSPS) is 14.7. The number of nitrogens with zero attached hydrogens (tertiary/aromatic N) is 5. The number of rotatable bonds is 8. The number of amides is 1. The molecule has 0 spiro atoms. The summed E-state index contributed by atoms with van der Waals surface area (Å²) in [6.45, 7) is 6.62. The summed E-state index contributed by atoms with van der Waals surface area (Å²) in [5.74, 6) is 1.84. The molecular weight excluding hydrogens is 436 g/mol. The highest BCUT2D eigenvalue weighted by Gasteiger charge is 2.25. The molecule has 0 bridgehead atoms. The van der Waals surface area contributed by atoms with Crippen molar-refractivity contribution in [2.24, 2.45) is 0 Å². The first-order valence-corrected chi connectivity index (χ1v) is 12.8. The fraction of sp³-hybridized carbons (Fsp3) is 0.542. The molecule has 0 aliphatic heterocycles. The van der Waals surface area contributed by atoms with Gasteiger partial charge in [-0.2, -0.15) is 4.98 Å². The van der Waals surface area contributed by atoms with Gasteiger partial charge >= 0.3 is 0 Å². The Morgan fingerprint density at radius 1 is 1.21 bits per heavy atom. The Kier molecular flexibility index (Phi) is 7.17. The second-order valence-corrected chi connectivity index (χ2v) is 10.3. The third-order valence-electron chi connectivity index (χ3n) is 5.97. The van der Waals surface area contributed by atoms with E-state index in [2.05, 4.69) is 30.2 Å². The molecule has 1 amide bonds. The standard InChI is InChI=1S/C24H32N6O2S/c1-24(2,3)22-26-21(32-29-22)18-13-8-7-12-17(18)20(31)25-15-9-14-19-27-28-23(33-4)30(19)16-10-5-6-11-16/h7-8,12-13,16H,5-6,9-11,14-15H2,1-4H3,(H,25,31). The molecule has 3 aromatic rings. The van der Waals surface area contributed by atoms with Crippen LogP contribution in [0.15, 0.2) is 33.9 Å². The maximum absolute atomic E-state index is 12.9. The Labute approximate surface area is 198 Å². The van der Waals surface area contributed by atoms with Crippen LogP contribution in [0.25, 0.3) is 11.5 Å². The summed E-state index contributed by atoms with van der Waals surface area (Å²) in [7, 11) is 0. The number of benzene rings is 1. The van der Waals surface area contributed by atoms with Gasteiger partial charge in [0.1, 0.15) is 5.82 Å². The lowest BCUT2D eigenvalue weighted by Gasteiger charge is -2.16. The van der Waals surface area contributed by atoms with E-state index in [1.807, 2.05) is 45.2 Å². The van der Waals surface area contributed by atoms with Crippen molar-refractivity contribution in [1.82, 2.24) is 30.2 Å². The van der Waals surface area contributed by atoms with E-state index in [4.69, 9.17) is 4.52 Å². The zero-order valence-electron chi connectivity index (χ0n) is 19.8. The van der Waals surface area contributed by atoms with Gasteiger partial charge in [-0.25, -0.2) is 0 Å². The number of nitrogens with one attached hydrogen (secondary N) is 1. The number of thioether (sulfide) groups is 1. The number of hydrogen-bond donors (Lipinski definition) is 1. The summed E-state index contributed by atoms with van der Waals surface area (Å²) in [5, 5.41) is 16.9. The minimum absolute atomic E-state index is 0.150. The lowest BCUT2D eigenvalue weighted by atomic mass is 9.96. The minimum Gasteiger partial charge on any atom is -0.352 e. The molecule has 176 valence electrons. The van der Waals surface area contributed by atoms with Crippen LogP contribution < -0.4 is 5.32 Å². The maximum Gasteiger partial charge on any atom is 0.258 e. The number of aromatic nitrogens is 5. The van der Waals surface area contributed by atoms with Gasteiger partial charge in [-0.1, -0.05) is 62.7 Å². The van der Waals surface area contributed by atoms with E-state index in [1.54, 1.807) is 17.8 Å². The monoisotopic (exact) mass is 468 g/mol. The van der Waals surface area contributed by atoms with Crippen molar-refractivity contribution in [1.29, 1.82) is 0 Å². The largest absolute Gasteiger partial charge is 0.352 e. The molecule has 1 aliphatic carbocycles. The average Bonchev–Trinajstić information content (AvgIpc) is 3.56. The molecule has 9 heteroatoms. The first-order valence-electron chi connectivity index (χ1n) is 11.6. The van der Waals surface area contributed by atoms with Gasteiger partial charge in [0.15, 0.2) is 11.0 Å². The Balaban J connectivity index is 1.39. The van der Waals surface area contributed by atoms with Crippen LogP contribution in [0.1, 0.15) is 80.9 Å². The minimum atomic E-state index is -0.228. The third kappa shape index (κ3) is 5.29. The molecule has 0 radical (unpaired) electrons.